The van der Waals surface area contributed by atoms with E-state index < -0.39 is 5.60 Å². The van der Waals surface area contributed by atoms with Crippen LogP contribution in [0.3, 0.4) is 0 Å². The summed E-state index contributed by atoms with van der Waals surface area (Å²) < 4.78 is 1.95. The highest BCUT2D eigenvalue weighted by molar-refractivity contribution is 6.00. The summed E-state index contributed by atoms with van der Waals surface area (Å²) >= 11 is 0. The molecule has 0 radical (unpaired) electrons. The average Bonchev–Trinajstić information content (AvgIpc) is 3.02. The molecule has 0 saturated heterocycles. The lowest BCUT2D eigenvalue weighted by Gasteiger charge is -2.07. The van der Waals surface area contributed by atoms with Crippen LogP contribution in [0.4, 0.5) is 0 Å². The third-order valence-electron chi connectivity index (χ3n) is 3.12. The topological polar surface area (TPSA) is 74.8 Å². The first kappa shape index (κ1) is 20.4. The average molecular weight is 341 g/mol. The molecule has 0 spiro atoms. The molecule has 2 aromatic heterocycles. The molecule has 0 aromatic carbocycles. The van der Waals surface area contributed by atoms with E-state index in [0.29, 0.717) is 11.7 Å². The second-order valence-corrected chi connectivity index (χ2v) is 5.58. The van der Waals surface area contributed by atoms with E-state index in [-0.39, 0.29) is 0 Å². The highest BCUT2D eigenvalue weighted by Crippen LogP contribution is 2.16. The van der Waals surface area contributed by atoms with Crippen LogP contribution in [-0.4, -0.2) is 46.1 Å². The Morgan fingerprint density at radius 3 is 2.60 bits per heavy atom. The summed E-state index contributed by atoms with van der Waals surface area (Å²) in [5.41, 5.74) is 0.508. The van der Waals surface area contributed by atoms with Gasteiger partial charge in [-0.25, -0.2) is 9.98 Å². The molecule has 2 N–H and O–H groups in total. The Labute approximate surface area is 149 Å². The number of aliphatic imine (C=N–C) groups is 2. The molecule has 0 unspecified atom stereocenters. The van der Waals surface area contributed by atoms with E-state index in [1.165, 1.54) is 0 Å². The Morgan fingerprint density at radius 2 is 2.04 bits per heavy atom. The number of aromatic nitrogens is 2. The van der Waals surface area contributed by atoms with Crippen LogP contribution in [-0.2, 0) is 0 Å². The number of hydrogen-bond acceptors (Lipinski definition) is 3. The fourth-order valence-corrected chi connectivity index (χ4v) is 2.02. The monoisotopic (exact) mass is 341 g/mol. The summed E-state index contributed by atoms with van der Waals surface area (Å²) in [5, 5.41) is 13.6. The Bertz CT molecular complexity index is 829. The zero-order valence-electron chi connectivity index (χ0n) is 16.0. The molecule has 2 aromatic rings. The maximum Gasteiger partial charge on any atom is 0.219 e. The van der Waals surface area contributed by atoms with Crippen molar-refractivity contribution in [2.24, 2.45) is 9.98 Å². The molecule has 0 aliphatic rings. The maximum absolute atomic E-state index is 9.70. The van der Waals surface area contributed by atoms with Crippen molar-refractivity contribution in [1.82, 2.24) is 14.9 Å². The Hall–Kier alpha value is -2.65. The Balaban J connectivity index is 0.00000151. The van der Waals surface area contributed by atoms with Gasteiger partial charge in [0.25, 0.3) is 0 Å². The van der Waals surface area contributed by atoms with Gasteiger partial charge in [0.05, 0.1) is 5.52 Å². The van der Waals surface area contributed by atoms with Gasteiger partial charge in [0.15, 0.2) is 0 Å². The third-order valence-corrected chi connectivity index (χ3v) is 3.12. The van der Waals surface area contributed by atoms with E-state index in [2.05, 4.69) is 32.1 Å². The van der Waals surface area contributed by atoms with Crippen molar-refractivity contribution in [3.63, 3.8) is 0 Å². The first-order chi connectivity index (χ1) is 11.8. The molecule has 2 rings (SSSR count). The minimum atomic E-state index is -1.05. The van der Waals surface area contributed by atoms with Crippen LogP contribution in [0.1, 0.15) is 40.3 Å². The fourth-order valence-electron chi connectivity index (χ4n) is 2.02. The van der Waals surface area contributed by atoms with Crippen molar-refractivity contribution in [2.45, 2.75) is 40.2 Å². The summed E-state index contributed by atoms with van der Waals surface area (Å²) in [5.74, 6) is 7.00. The quantitative estimate of drug-likeness (QED) is 0.439. The zero-order chi connectivity index (χ0) is 19.0. The fraction of sp³-hybridized carbons (Fsp3) is 0.421. The number of aliphatic hydroxyl groups is 1. The van der Waals surface area contributed by atoms with E-state index in [0.717, 1.165) is 16.7 Å². The van der Waals surface area contributed by atoms with Gasteiger partial charge in [-0.15, -0.1) is 0 Å². The molecule has 0 aliphatic carbocycles. The van der Waals surface area contributed by atoms with Crippen molar-refractivity contribution in [3.8, 4) is 11.8 Å². The van der Waals surface area contributed by atoms with Gasteiger partial charge in [0, 0.05) is 31.9 Å². The highest BCUT2D eigenvalue weighted by atomic mass is 16.3. The molecule has 2 heterocycles. The first-order valence-electron chi connectivity index (χ1n) is 8.27. The number of pyridine rings is 1. The molecule has 0 fully saturated rings. The molecule has 0 aliphatic heterocycles. The third kappa shape index (κ3) is 5.73. The standard InChI is InChI=1S/C17H21N5O.C2H6/c1-12(21-16(18-4)19-5)22-9-7-13-11-20-14(10-15(13)22)6-8-17(2,3)23;1-2/h7,9-11,23H,1-5H3,(H,18,19);1-2H3/b21-12+;. The number of fused-ring (bicyclic) bond motifs is 1. The van der Waals surface area contributed by atoms with Gasteiger partial charge in [0.1, 0.15) is 17.1 Å². The van der Waals surface area contributed by atoms with Crippen LogP contribution < -0.4 is 5.32 Å². The summed E-state index contributed by atoms with van der Waals surface area (Å²) in [6.45, 7) is 9.19. The summed E-state index contributed by atoms with van der Waals surface area (Å²) in [4.78, 5) is 12.8. The largest absolute Gasteiger partial charge is 0.378 e. The lowest BCUT2D eigenvalue weighted by Crippen LogP contribution is -2.19. The van der Waals surface area contributed by atoms with Gasteiger partial charge in [-0.3, -0.25) is 4.99 Å². The van der Waals surface area contributed by atoms with Crippen LogP contribution >= 0.6 is 0 Å². The molecule has 25 heavy (non-hydrogen) atoms. The van der Waals surface area contributed by atoms with Gasteiger partial charge in [-0.05, 0) is 38.8 Å². The smallest absolute Gasteiger partial charge is 0.219 e. The van der Waals surface area contributed by atoms with Crippen LogP contribution in [0.15, 0.2) is 34.5 Å². The molecule has 6 nitrogen and oxygen atoms in total. The lowest BCUT2D eigenvalue weighted by molar-refractivity contribution is 0.143. The van der Waals surface area contributed by atoms with Gasteiger partial charge in [0.2, 0.25) is 5.96 Å². The normalized spacial score (nSPS) is 12.2. The predicted molar refractivity (Wildman–Crippen MR) is 105 cm³/mol. The first-order valence-corrected chi connectivity index (χ1v) is 8.27. The van der Waals surface area contributed by atoms with E-state index in [9.17, 15) is 5.11 Å². The van der Waals surface area contributed by atoms with Gasteiger partial charge >= 0.3 is 0 Å². The van der Waals surface area contributed by atoms with Gasteiger partial charge in [-0.1, -0.05) is 19.8 Å². The summed E-state index contributed by atoms with van der Waals surface area (Å²) in [7, 11) is 3.46. The summed E-state index contributed by atoms with van der Waals surface area (Å²) in [6.07, 6.45) is 3.70. The second kappa shape index (κ2) is 9.00. The van der Waals surface area contributed by atoms with Gasteiger partial charge in [-0.2, -0.15) is 0 Å². The molecular formula is C19H27N5O. The van der Waals surface area contributed by atoms with E-state index in [1.807, 2.05) is 43.7 Å². The van der Waals surface area contributed by atoms with Crippen molar-refractivity contribution in [2.75, 3.05) is 14.1 Å². The number of hydrogen-bond donors (Lipinski definition) is 2. The van der Waals surface area contributed by atoms with E-state index in [4.69, 9.17) is 0 Å². The molecular weight excluding hydrogens is 314 g/mol. The SMILES string of the molecule is CC.CN=C(/N=C(\C)n1ccc2cnc(C#CC(C)(C)O)cc21)NC. The molecule has 0 amide bonds. The van der Waals surface area contributed by atoms with Crippen LogP contribution in [0, 0.1) is 11.8 Å². The number of guanidine groups is 1. The number of nitrogens with one attached hydrogen (secondary N) is 1. The molecule has 0 saturated carbocycles. The van der Waals surface area contributed by atoms with Crippen molar-refractivity contribution in [1.29, 1.82) is 0 Å². The maximum atomic E-state index is 9.70. The van der Waals surface area contributed by atoms with Crippen molar-refractivity contribution >= 4 is 22.7 Å². The summed E-state index contributed by atoms with van der Waals surface area (Å²) in [6, 6.07) is 3.85. The molecule has 6 heteroatoms. The Morgan fingerprint density at radius 1 is 1.36 bits per heavy atom. The Kier molecular flexibility index (Phi) is 7.34. The molecule has 134 valence electrons. The second-order valence-electron chi connectivity index (χ2n) is 5.58. The van der Waals surface area contributed by atoms with E-state index >= 15 is 0 Å². The van der Waals surface area contributed by atoms with Crippen LogP contribution in [0.2, 0.25) is 0 Å². The zero-order valence-corrected chi connectivity index (χ0v) is 16.0. The number of rotatable bonds is 0. The van der Waals surface area contributed by atoms with Crippen molar-refractivity contribution < 1.29 is 5.11 Å². The van der Waals surface area contributed by atoms with Crippen LogP contribution in [0.25, 0.3) is 10.9 Å². The minimum Gasteiger partial charge on any atom is -0.378 e. The molecule has 0 atom stereocenters. The van der Waals surface area contributed by atoms with E-state index in [1.54, 1.807) is 34.1 Å². The highest BCUT2D eigenvalue weighted by Gasteiger charge is 2.08. The minimum absolute atomic E-state index is 0.556. The lowest BCUT2D eigenvalue weighted by atomic mass is 10.1. The van der Waals surface area contributed by atoms with Crippen LogP contribution in [0.5, 0.6) is 0 Å². The predicted octanol–water partition coefficient (Wildman–Crippen LogP) is 2.66. The van der Waals surface area contributed by atoms with Gasteiger partial charge < -0.3 is 15.0 Å². The van der Waals surface area contributed by atoms with Crippen molar-refractivity contribution in [3.05, 3.63) is 30.2 Å². The molecule has 0 bridgehead atoms. The number of nitrogens with zero attached hydrogens (tertiary/aromatic N) is 4.